The van der Waals surface area contributed by atoms with Gasteiger partial charge >= 0.3 is 0 Å². The van der Waals surface area contributed by atoms with E-state index in [2.05, 4.69) is 35.6 Å². The average molecular weight is 429 g/mol. The Balaban J connectivity index is 1.43. The van der Waals surface area contributed by atoms with Crippen LogP contribution in [0.1, 0.15) is 5.69 Å². The molecule has 3 aromatic heterocycles. The van der Waals surface area contributed by atoms with E-state index in [1.165, 1.54) is 0 Å². The fraction of sp³-hybridized carbons (Fsp3) is 0.174. The van der Waals surface area contributed by atoms with Gasteiger partial charge in [-0.25, -0.2) is 19.9 Å². The number of methoxy groups -OCH3 is 1. The molecule has 162 valence electrons. The van der Waals surface area contributed by atoms with Crippen molar-refractivity contribution in [1.29, 1.82) is 0 Å². The molecule has 0 aliphatic carbocycles. The highest BCUT2D eigenvalue weighted by Crippen LogP contribution is 2.20. The smallest absolute Gasteiger partial charge is 0.229 e. The third-order valence-corrected chi connectivity index (χ3v) is 4.35. The lowest BCUT2D eigenvalue weighted by molar-refractivity contribution is 0.146. The van der Waals surface area contributed by atoms with Crippen molar-refractivity contribution in [2.45, 2.75) is 6.92 Å². The minimum absolute atomic E-state index is 0.456. The molecular weight excluding hydrogens is 406 g/mol. The summed E-state index contributed by atoms with van der Waals surface area (Å²) in [6.45, 7) is 2.98. The normalized spacial score (nSPS) is 10.6. The molecule has 0 spiro atoms. The minimum Gasteiger partial charge on any atom is -0.491 e. The first-order valence-corrected chi connectivity index (χ1v) is 10.1. The quantitative estimate of drug-likeness (QED) is 0.379. The predicted octanol–water partition coefficient (Wildman–Crippen LogP) is 4.15. The van der Waals surface area contributed by atoms with Crippen molar-refractivity contribution in [3.05, 3.63) is 72.7 Å². The molecule has 0 bridgehead atoms. The number of ether oxygens (including phenoxy) is 2. The Morgan fingerprint density at radius 2 is 1.56 bits per heavy atom. The van der Waals surface area contributed by atoms with Gasteiger partial charge in [0.15, 0.2) is 5.82 Å². The van der Waals surface area contributed by atoms with Gasteiger partial charge in [-0.2, -0.15) is 4.98 Å². The zero-order valence-corrected chi connectivity index (χ0v) is 17.8. The number of hydrogen-bond acceptors (Lipinski definition) is 9. The summed E-state index contributed by atoms with van der Waals surface area (Å²) in [6.07, 6.45) is 3.36. The van der Waals surface area contributed by atoms with Crippen molar-refractivity contribution in [1.82, 2.24) is 24.9 Å². The fourth-order valence-electron chi connectivity index (χ4n) is 2.85. The van der Waals surface area contributed by atoms with Crippen molar-refractivity contribution in [3.8, 4) is 17.3 Å². The molecule has 3 heterocycles. The molecule has 0 unspecified atom stereocenters. The second-order valence-electron chi connectivity index (χ2n) is 6.81. The van der Waals surface area contributed by atoms with Crippen LogP contribution in [0.3, 0.4) is 0 Å². The zero-order chi connectivity index (χ0) is 22.2. The summed E-state index contributed by atoms with van der Waals surface area (Å²) in [6, 6.07) is 16.8. The Labute approximate surface area is 185 Å². The van der Waals surface area contributed by atoms with Crippen LogP contribution in [0.4, 0.5) is 23.3 Å². The number of rotatable bonds is 9. The number of pyridine rings is 1. The molecule has 0 saturated carbocycles. The van der Waals surface area contributed by atoms with Crippen molar-refractivity contribution < 1.29 is 9.47 Å². The number of aryl methyl sites for hydroxylation is 1. The van der Waals surface area contributed by atoms with Crippen LogP contribution in [0, 0.1) is 6.92 Å². The summed E-state index contributed by atoms with van der Waals surface area (Å²) in [7, 11) is 1.64. The van der Waals surface area contributed by atoms with Crippen LogP contribution in [0.15, 0.2) is 67.0 Å². The Morgan fingerprint density at radius 1 is 0.781 bits per heavy atom. The maximum Gasteiger partial charge on any atom is 0.229 e. The summed E-state index contributed by atoms with van der Waals surface area (Å²) in [5, 5.41) is 6.37. The number of anilines is 4. The first-order chi connectivity index (χ1) is 15.7. The van der Waals surface area contributed by atoms with E-state index in [1.54, 1.807) is 31.6 Å². The molecule has 32 heavy (non-hydrogen) atoms. The molecule has 9 nitrogen and oxygen atoms in total. The SMILES string of the molecule is COCCOc1ccc(Nc2nccc(Nc3ccnc(-c4cccc(C)n4)n3)n2)cc1. The lowest BCUT2D eigenvalue weighted by Crippen LogP contribution is -2.04. The number of nitrogens with zero attached hydrogens (tertiary/aromatic N) is 5. The Hall–Kier alpha value is -4.11. The highest BCUT2D eigenvalue weighted by atomic mass is 16.5. The summed E-state index contributed by atoms with van der Waals surface area (Å²) in [5.74, 6) is 2.98. The van der Waals surface area contributed by atoms with E-state index in [0.29, 0.717) is 42.3 Å². The highest BCUT2D eigenvalue weighted by Gasteiger charge is 2.06. The van der Waals surface area contributed by atoms with Crippen LogP contribution in [0.5, 0.6) is 5.75 Å². The average Bonchev–Trinajstić information content (AvgIpc) is 2.81. The van der Waals surface area contributed by atoms with Gasteiger partial charge in [0.2, 0.25) is 5.95 Å². The molecule has 0 fully saturated rings. The van der Waals surface area contributed by atoms with Crippen LogP contribution in [-0.4, -0.2) is 45.2 Å². The topological polar surface area (TPSA) is 107 Å². The molecule has 4 aromatic rings. The Kier molecular flexibility index (Phi) is 6.78. The molecule has 0 radical (unpaired) electrons. The maximum atomic E-state index is 5.57. The predicted molar refractivity (Wildman–Crippen MR) is 122 cm³/mol. The van der Waals surface area contributed by atoms with Gasteiger partial charge in [-0.05, 0) is 55.5 Å². The lowest BCUT2D eigenvalue weighted by atomic mass is 10.3. The van der Waals surface area contributed by atoms with Gasteiger partial charge in [0.05, 0.1) is 6.61 Å². The second-order valence-corrected chi connectivity index (χ2v) is 6.81. The summed E-state index contributed by atoms with van der Waals surface area (Å²) >= 11 is 0. The van der Waals surface area contributed by atoms with Crippen molar-refractivity contribution >= 4 is 23.3 Å². The fourth-order valence-corrected chi connectivity index (χ4v) is 2.85. The molecule has 0 saturated heterocycles. The zero-order valence-electron chi connectivity index (χ0n) is 17.8. The summed E-state index contributed by atoms with van der Waals surface area (Å²) < 4.78 is 10.6. The van der Waals surface area contributed by atoms with Gasteiger partial charge in [-0.3, -0.25) is 0 Å². The van der Waals surface area contributed by atoms with Crippen LogP contribution in [0.25, 0.3) is 11.5 Å². The third kappa shape index (κ3) is 5.73. The lowest BCUT2D eigenvalue weighted by Gasteiger charge is -2.10. The number of benzene rings is 1. The van der Waals surface area contributed by atoms with E-state index in [0.717, 1.165) is 17.1 Å². The molecule has 0 atom stereocenters. The van der Waals surface area contributed by atoms with Crippen molar-refractivity contribution in [2.24, 2.45) is 0 Å². The molecule has 1 aromatic carbocycles. The van der Waals surface area contributed by atoms with Gasteiger partial charge < -0.3 is 20.1 Å². The van der Waals surface area contributed by atoms with E-state index >= 15 is 0 Å². The summed E-state index contributed by atoms with van der Waals surface area (Å²) in [5.41, 5.74) is 2.47. The largest absolute Gasteiger partial charge is 0.491 e. The van der Waals surface area contributed by atoms with E-state index < -0.39 is 0 Å². The van der Waals surface area contributed by atoms with E-state index in [-0.39, 0.29) is 0 Å². The molecular formula is C23H23N7O2. The van der Waals surface area contributed by atoms with Gasteiger partial charge in [0.25, 0.3) is 0 Å². The summed E-state index contributed by atoms with van der Waals surface area (Å²) in [4.78, 5) is 22.1. The molecule has 0 aliphatic heterocycles. The van der Waals surface area contributed by atoms with Crippen molar-refractivity contribution in [3.63, 3.8) is 0 Å². The van der Waals surface area contributed by atoms with E-state index in [9.17, 15) is 0 Å². The maximum absolute atomic E-state index is 5.57. The first kappa shape index (κ1) is 21.1. The number of hydrogen-bond donors (Lipinski definition) is 2. The molecule has 2 N–H and O–H groups in total. The molecule has 0 aliphatic rings. The van der Waals surface area contributed by atoms with Crippen LogP contribution in [-0.2, 0) is 4.74 Å². The van der Waals surface area contributed by atoms with Gasteiger partial charge in [0.1, 0.15) is 29.7 Å². The van der Waals surface area contributed by atoms with Gasteiger partial charge in [0, 0.05) is 30.9 Å². The third-order valence-electron chi connectivity index (χ3n) is 4.35. The van der Waals surface area contributed by atoms with Crippen LogP contribution in [0.2, 0.25) is 0 Å². The number of aromatic nitrogens is 5. The Bertz CT molecular complexity index is 1170. The van der Waals surface area contributed by atoms with Crippen molar-refractivity contribution in [2.75, 3.05) is 31.0 Å². The first-order valence-electron chi connectivity index (χ1n) is 10.1. The van der Waals surface area contributed by atoms with Crippen LogP contribution >= 0.6 is 0 Å². The monoisotopic (exact) mass is 429 g/mol. The van der Waals surface area contributed by atoms with E-state index in [4.69, 9.17) is 9.47 Å². The Morgan fingerprint density at radius 3 is 2.34 bits per heavy atom. The molecule has 9 heteroatoms. The minimum atomic E-state index is 0.456. The molecule has 0 amide bonds. The number of nitrogens with one attached hydrogen (secondary N) is 2. The van der Waals surface area contributed by atoms with Gasteiger partial charge in [-0.15, -0.1) is 0 Å². The highest BCUT2D eigenvalue weighted by molar-refractivity contribution is 5.59. The van der Waals surface area contributed by atoms with Crippen LogP contribution < -0.4 is 15.4 Å². The molecule has 4 rings (SSSR count). The van der Waals surface area contributed by atoms with E-state index in [1.807, 2.05) is 49.4 Å². The second kappa shape index (κ2) is 10.3. The standard InChI is InChI=1S/C23H23N7O2/c1-16-4-3-5-19(26-16)22-24-12-10-20(29-22)28-21-11-13-25-23(30-21)27-17-6-8-18(9-7-17)32-15-14-31-2/h3-13H,14-15H2,1-2H3,(H2,24,25,27,28,29,30). The van der Waals surface area contributed by atoms with Gasteiger partial charge in [-0.1, -0.05) is 6.07 Å².